The molecule has 0 atom stereocenters. The van der Waals surface area contributed by atoms with Crippen LogP contribution in [0.1, 0.15) is 0 Å². The predicted octanol–water partition coefficient (Wildman–Crippen LogP) is -0.606. The molecule has 10 heavy (non-hydrogen) atoms. The van der Waals surface area contributed by atoms with Crippen molar-refractivity contribution in [2.24, 2.45) is 0 Å². The molecule has 0 N–H and O–H groups in total. The first-order valence-corrected chi connectivity index (χ1v) is 2.30. The Hall–Kier alpha value is -1.98. The zero-order chi connectivity index (χ0) is 7.66. The molecule has 0 aromatic heterocycles. The minimum atomic E-state index is 0.432. The second-order valence-corrected chi connectivity index (χ2v) is 1.02. The van der Waals surface area contributed by atoms with E-state index in [0.29, 0.717) is 12.6 Å². The van der Waals surface area contributed by atoms with Gasteiger partial charge in [-0.25, -0.2) is 0 Å². The number of aldehydes is 2. The first-order chi connectivity index (χ1) is 4.91. The summed E-state index contributed by atoms with van der Waals surface area (Å²) in [6, 6.07) is 0. The van der Waals surface area contributed by atoms with E-state index in [-0.39, 0.29) is 0 Å². The van der Waals surface area contributed by atoms with E-state index < -0.39 is 0 Å². The summed E-state index contributed by atoms with van der Waals surface area (Å²) in [6.45, 7) is 0. The molecule has 2 heteroatoms. The molecule has 2 nitrogen and oxygen atoms in total. The highest BCUT2D eigenvalue weighted by Crippen LogP contribution is 1.50. The Morgan fingerprint density at radius 1 is 0.700 bits per heavy atom. The maximum atomic E-state index is 9.56. The molecule has 0 spiro atoms. The number of hydrogen-bond donors (Lipinski definition) is 0. The van der Waals surface area contributed by atoms with Crippen LogP contribution < -0.4 is 0 Å². The first kappa shape index (κ1) is 8.02. The lowest BCUT2D eigenvalue weighted by molar-refractivity contribution is -0.104. The quantitative estimate of drug-likeness (QED) is 0.324. The minimum absolute atomic E-state index is 0.432. The predicted molar refractivity (Wildman–Crippen MR) is 35.5 cm³/mol. The Morgan fingerprint density at radius 3 is 1.40 bits per heavy atom. The Labute approximate surface area is 58.6 Å². The summed E-state index contributed by atoms with van der Waals surface area (Å²) in [4.78, 5) is 19.1. The molecule has 0 aliphatic carbocycles. The average Bonchev–Trinajstić information content (AvgIpc) is 1.97. The van der Waals surface area contributed by atoms with E-state index in [0.717, 1.165) is 0 Å². The van der Waals surface area contributed by atoms with Gasteiger partial charge in [0.1, 0.15) is 0 Å². The molecular weight excluding hydrogens is 128 g/mol. The number of carbonyl (C=O) groups excluding carboxylic acids is 2. The van der Waals surface area contributed by atoms with Crippen molar-refractivity contribution in [1.82, 2.24) is 0 Å². The molecule has 0 bridgehead atoms. The van der Waals surface area contributed by atoms with E-state index >= 15 is 0 Å². The highest BCUT2D eigenvalue weighted by Gasteiger charge is 1.55. The fourth-order valence-electron chi connectivity index (χ4n) is 0.194. The van der Waals surface area contributed by atoms with Crippen molar-refractivity contribution in [3.05, 3.63) is 0 Å². The summed E-state index contributed by atoms with van der Waals surface area (Å²) < 4.78 is 0. The molecule has 0 aliphatic heterocycles. The van der Waals surface area contributed by atoms with Crippen LogP contribution in [0.2, 0.25) is 0 Å². The van der Waals surface area contributed by atoms with Gasteiger partial charge in [0, 0.05) is 0 Å². The monoisotopic (exact) mass is 130 g/mol. The highest BCUT2D eigenvalue weighted by molar-refractivity contribution is 5.75. The van der Waals surface area contributed by atoms with Crippen LogP contribution in [0.3, 0.4) is 0 Å². The fraction of sp³-hybridized carbons (Fsp3) is 0. The van der Waals surface area contributed by atoms with Gasteiger partial charge in [0.15, 0.2) is 12.6 Å². The van der Waals surface area contributed by atoms with Gasteiger partial charge in [-0.3, -0.25) is 9.59 Å². The molecule has 0 unspecified atom stereocenters. The SMILES string of the molecule is O=CC#CC#CC#CC=O. The van der Waals surface area contributed by atoms with Crippen molar-refractivity contribution in [2.75, 3.05) is 0 Å². The summed E-state index contributed by atoms with van der Waals surface area (Å²) in [5.41, 5.74) is 0. The minimum Gasteiger partial charge on any atom is -0.289 e. The van der Waals surface area contributed by atoms with Gasteiger partial charge in [0.25, 0.3) is 0 Å². The third-order valence-electron chi connectivity index (χ3n) is 0.450. The van der Waals surface area contributed by atoms with Crippen LogP contribution in [0.25, 0.3) is 0 Å². The lowest BCUT2D eigenvalue weighted by Gasteiger charge is -1.52. The zero-order valence-corrected chi connectivity index (χ0v) is 4.97. The maximum absolute atomic E-state index is 9.56. The van der Waals surface area contributed by atoms with Gasteiger partial charge in [-0.15, -0.1) is 0 Å². The third-order valence-corrected chi connectivity index (χ3v) is 0.450. The van der Waals surface area contributed by atoms with Crippen LogP contribution in [-0.2, 0) is 9.59 Å². The molecule has 0 saturated carbocycles. The molecule has 0 aromatic rings. The van der Waals surface area contributed by atoms with E-state index in [2.05, 4.69) is 35.5 Å². The summed E-state index contributed by atoms with van der Waals surface area (Å²) in [5, 5.41) is 0. The van der Waals surface area contributed by atoms with Crippen LogP contribution in [-0.4, -0.2) is 12.6 Å². The standard InChI is InChI=1S/C8H2O2/c9-7-5-3-1-2-4-6-8-10/h7-8H. The van der Waals surface area contributed by atoms with Crippen LogP contribution in [0, 0.1) is 35.5 Å². The van der Waals surface area contributed by atoms with Crippen molar-refractivity contribution in [3.63, 3.8) is 0 Å². The molecule has 0 rings (SSSR count). The fourth-order valence-corrected chi connectivity index (χ4v) is 0.194. The summed E-state index contributed by atoms with van der Waals surface area (Å²) in [6.07, 6.45) is 0.865. The summed E-state index contributed by atoms with van der Waals surface area (Å²) in [5.74, 6) is 13.0. The van der Waals surface area contributed by atoms with Crippen molar-refractivity contribution in [3.8, 4) is 35.5 Å². The van der Waals surface area contributed by atoms with E-state index in [4.69, 9.17) is 0 Å². The van der Waals surface area contributed by atoms with E-state index in [1.807, 2.05) is 0 Å². The van der Waals surface area contributed by atoms with Gasteiger partial charge in [-0.1, -0.05) is 0 Å². The van der Waals surface area contributed by atoms with Crippen molar-refractivity contribution in [2.45, 2.75) is 0 Å². The topological polar surface area (TPSA) is 34.1 Å². The zero-order valence-electron chi connectivity index (χ0n) is 4.97. The molecule has 0 heterocycles. The van der Waals surface area contributed by atoms with Crippen molar-refractivity contribution < 1.29 is 9.59 Å². The summed E-state index contributed by atoms with van der Waals surface area (Å²) in [7, 11) is 0. The second kappa shape index (κ2) is 7.02. The van der Waals surface area contributed by atoms with Gasteiger partial charge in [-0.2, -0.15) is 0 Å². The Kier molecular flexibility index (Phi) is 5.63. The van der Waals surface area contributed by atoms with Crippen molar-refractivity contribution >= 4 is 12.6 Å². The Balaban J connectivity index is 3.93. The van der Waals surface area contributed by atoms with E-state index in [1.165, 1.54) is 0 Å². The molecule has 0 fully saturated rings. The second-order valence-electron chi connectivity index (χ2n) is 1.02. The maximum Gasteiger partial charge on any atom is 0.193 e. The van der Waals surface area contributed by atoms with Gasteiger partial charge >= 0.3 is 0 Å². The summed E-state index contributed by atoms with van der Waals surface area (Å²) >= 11 is 0. The number of rotatable bonds is 0. The molecule has 46 valence electrons. The van der Waals surface area contributed by atoms with Gasteiger partial charge in [-0.05, 0) is 35.5 Å². The average molecular weight is 130 g/mol. The normalized spacial score (nSPS) is 4.40. The lowest BCUT2D eigenvalue weighted by Crippen LogP contribution is -1.59. The van der Waals surface area contributed by atoms with E-state index in [1.54, 1.807) is 0 Å². The smallest absolute Gasteiger partial charge is 0.193 e. The van der Waals surface area contributed by atoms with Crippen LogP contribution in [0.15, 0.2) is 0 Å². The Morgan fingerprint density at radius 2 is 1.10 bits per heavy atom. The van der Waals surface area contributed by atoms with Crippen LogP contribution in [0.4, 0.5) is 0 Å². The lowest BCUT2D eigenvalue weighted by atomic mass is 10.5. The molecule has 0 aliphatic rings. The number of carbonyl (C=O) groups is 2. The molecule has 0 amide bonds. The highest BCUT2D eigenvalue weighted by atomic mass is 16.1. The van der Waals surface area contributed by atoms with E-state index in [9.17, 15) is 9.59 Å². The molecule has 0 radical (unpaired) electrons. The number of hydrogen-bond acceptors (Lipinski definition) is 2. The largest absolute Gasteiger partial charge is 0.289 e. The van der Waals surface area contributed by atoms with Crippen molar-refractivity contribution in [1.29, 1.82) is 0 Å². The van der Waals surface area contributed by atoms with Gasteiger partial charge < -0.3 is 0 Å². The third kappa shape index (κ3) is 6.02. The van der Waals surface area contributed by atoms with Crippen LogP contribution in [0.5, 0.6) is 0 Å². The molecule has 0 aromatic carbocycles. The molecular formula is C8H2O2. The Bertz CT molecular complexity index is 263. The van der Waals surface area contributed by atoms with Crippen LogP contribution >= 0.6 is 0 Å². The van der Waals surface area contributed by atoms with Gasteiger partial charge in [0.05, 0.1) is 0 Å². The van der Waals surface area contributed by atoms with Gasteiger partial charge in [0.2, 0.25) is 0 Å². The molecule has 0 saturated heterocycles. The first-order valence-electron chi connectivity index (χ1n) is 2.30.